The Hall–Kier alpha value is -2.69. The van der Waals surface area contributed by atoms with Crippen molar-refractivity contribution in [2.24, 2.45) is 11.3 Å². The quantitative estimate of drug-likeness (QED) is 0.513. The number of carbonyl (C=O) groups excluding carboxylic acids is 2. The number of hydrogen-bond acceptors (Lipinski definition) is 5. The van der Waals surface area contributed by atoms with Crippen molar-refractivity contribution in [1.29, 1.82) is 5.26 Å². The Balaban J connectivity index is 1.96. The molecule has 0 radical (unpaired) electrons. The van der Waals surface area contributed by atoms with Crippen LogP contribution in [-0.4, -0.2) is 40.5 Å². The Morgan fingerprint density at radius 3 is 2.43 bits per heavy atom. The molecule has 0 fully saturated rings. The highest BCUT2D eigenvalue weighted by Crippen LogP contribution is 2.40. The summed E-state index contributed by atoms with van der Waals surface area (Å²) in [6.45, 7) is 9.98. The summed E-state index contributed by atoms with van der Waals surface area (Å²) < 4.78 is 0. The van der Waals surface area contributed by atoms with Gasteiger partial charge in [-0.25, -0.2) is 0 Å². The number of nitrogens with zero attached hydrogens (tertiary/aromatic N) is 2. The molecule has 35 heavy (non-hydrogen) atoms. The third-order valence-electron chi connectivity index (χ3n) is 7.10. The molecular weight excluding hydrogens is 458 g/mol. The van der Waals surface area contributed by atoms with E-state index in [1.165, 1.54) is 11.3 Å². The topological polar surface area (TPSA) is 93.4 Å². The Morgan fingerprint density at radius 2 is 1.89 bits per heavy atom. The van der Waals surface area contributed by atoms with Crippen LogP contribution in [0.25, 0.3) is 0 Å². The summed E-state index contributed by atoms with van der Waals surface area (Å²) >= 11 is 1.45. The van der Waals surface area contributed by atoms with Gasteiger partial charge < -0.3 is 15.3 Å². The van der Waals surface area contributed by atoms with Crippen molar-refractivity contribution in [2.75, 3.05) is 11.9 Å². The fourth-order valence-electron chi connectivity index (χ4n) is 4.96. The number of nitriles is 1. The van der Waals surface area contributed by atoms with Crippen LogP contribution in [0.15, 0.2) is 30.3 Å². The number of fused-ring (bicyclic) bond motifs is 1. The van der Waals surface area contributed by atoms with Crippen molar-refractivity contribution < 1.29 is 14.7 Å². The van der Waals surface area contributed by atoms with Gasteiger partial charge in [0.15, 0.2) is 0 Å². The van der Waals surface area contributed by atoms with Gasteiger partial charge in [0.1, 0.15) is 11.1 Å². The molecule has 188 valence electrons. The lowest BCUT2D eigenvalue weighted by Crippen LogP contribution is -2.55. The standard InChI is InChI=1S/C28H37N3O3S/c1-6-18(7-2)25(33)30-26-22(16-29)21-14-13-20(15-23(21)35-26)31(24(17-32)28(3,4)5)27(34)19-11-9-8-10-12-19/h8-12,18,20,24,32H,6-7,13-15,17H2,1-5H3,(H,30,33). The number of hydrogen-bond donors (Lipinski definition) is 2. The van der Waals surface area contributed by atoms with Crippen LogP contribution in [0, 0.1) is 22.7 Å². The van der Waals surface area contributed by atoms with Gasteiger partial charge in [-0.1, -0.05) is 52.8 Å². The molecule has 6 nitrogen and oxygen atoms in total. The summed E-state index contributed by atoms with van der Waals surface area (Å²) in [4.78, 5) is 29.3. The van der Waals surface area contributed by atoms with E-state index in [1.807, 2.05) is 69.9 Å². The van der Waals surface area contributed by atoms with Crippen LogP contribution in [-0.2, 0) is 17.6 Å². The highest BCUT2D eigenvalue weighted by Gasteiger charge is 2.40. The van der Waals surface area contributed by atoms with E-state index in [-0.39, 0.29) is 41.8 Å². The van der Waals surface area contributed by atoms with Crippen molar-refractivity contribution in [3.8, 4) is 6.07 Å². The van der Waals surface area contributed by atoms with E-state index in [4.69, 9.17) is 0 Å². The van der Waals surface area contributed by atoms with Crippen molar-refractivity contribution >= 4 is 28.2 Å². The van der Waals surface area contributed by atoms with Gasteiger partial charge in [-0.2, -0.15) is 5.26 Å². The Labute approximate surface area is 213 Å². The highest BCUT2D eigenvalue weighted by atomic mass is 32.1. The Bertz CT molecular complexity index is 1080. The second-order valence-corrected chi connectivity index (χ2v) is 11.5. The fourth-order valence-corrected chi connectivity index (χ4v) is 6.23. The van der Waals surface area contributed by atoms with Gasteiger partial charge in [-0.05, 0) is 48.8 Å². The molecule has 2 aromatic rings. The minimum atomic E-state index is -0.355. The fraction of sp³-hybridized carbons (Fsp3) is 0.536. The molecule has 3 rings (SSSR count). The summed E-state index contributed by atoms with van der Waals surface area (Å²) in [6.07, 6.45) is 3.46. The summed E-state index contributed by atoms with van der Waals surface area (Å²) in [5, 5.41) is 23.9. The largest absolute Gasteiger partial charge is 0.394 e. The van der Waals surface area contributed by atoms with E-state index in [2.05, 4.69) is 11.4 Å². The van der Waals surface area contributed by atoms with E-state index >= 15 is 0 Å². The number of thiophene rings is 1. The molecule has 1 aromatic heterocycles. The van der Waals surface area contributed by atoms with Crippen molar-refractivity contribution in [1.82, 2.24) is 4.90 Å². The first kappa shape index (κ1) is 26.9. The molecule has 0 aliphatic heterocycles. The van der Waals surface area contributed by atoms with Gasteiger partial charge in [0.2, 0.25) is 5.91 Å². The molecule has 1 heterocycles. The van der Waals surface area contributed by atoms with Crippen LogP contribution >= 0.6 is 11.3 Å². The zero-order valence-electron chi connectivity index (χ0n) is 21.4. The number of benzene rings is 1. The van der Waals surface area contributed by atoms with E-state index in [9.17, 15) is 20.0 Å². The average molecular weight is 496 g/mol. The van der Waals surface area contributed by atoms with E-state index in [1.54, 1.807) is 0 Å². The molecule has 2 amide bonds. The van der Waals surface area contributed by atoms with Crippen LogP contribution < -0.4 is 5.32 Å². The third-order valence-corrected chi connectivity index (χ3v) is 8.27. The van der Waals surface area contributed by atoms with Gasteiger partial charge in [0.05, 0.1) is 18.2 Å². The molecule has 7 heteroatoms. The molecule has 1 aliphatic carbocycles. The monoisotopic (exact) mass is 495 g/mol. The van der Waals surface area contributed by atoms with Crippen LogP contribution in [0.5, 0.6) is 0 Å². The van der Waals surface area contributed by atoms with Gasteiger partial charge >= 0.3 is 0 Å². The van der Waals surface area contributed by atoms with Crippen molar-refractivity contribution in [3.63, 3.8) is 0 Å². The zero-order chi connectivity index (χ0) is 25.8. The summed E-state index contributed by atoms with van der Waals surface area (Å²) in [7, 11) is 0. The average Bonchev–Trinajstić information content (AvgIpc) is 3.18. The zero-order valence-corrected chi connectivity index (χ0v) is 22.2. The van der Waals surface area contributed by atoms with Crippen molar-refractivity contribution in [2.45, 2.75) is 78.8 Å². The number of carbonyl (C=O) groups is 2. The van der Waals surface area contributed by atoms with Gasteiger partial charge in [0.25, 0.3) is 5.91 Å². The van der Waals surface area contributed by atoms with E-state index < -0.39 is 0 Å². The number of rotatable bonds is 8. The van der Waals surface area contributed by atoms with Crippen LogP contribution in [0.3, 0.4) is 0 Å². The number of anilines is 1. The maximum Gasteiger partial charge on any atom is 0.254 e. The number of amides is 2. The molecule has 2 N–H and O–H groups in total. The van der Waals surface area contributed by atoms with Gasteiger partial charge in [-0.3, -0.25) is 9.59 Å². The minimum Gasteiger partial charge on any atom is -0.394 e. The molecular formula is C28H37N3O3S. The van der Waals surface area contributed by atoms with Crippen LogP contribution in [0.4, 0.5) is 5.00 Å². The number of aliphatic hydroxyl groups excluding tert-OH is 1. The molecule has 1 aliphatic rings. The van der Waals surface area contributed by atoms with Crippen LogP contribution in [0.2, 0.25) is 0 Å². The number of nitrogens with one attached hydrogen (secondary N) is 1. The van der Waals surface area contributed by atoms with Gasteiger partial charge in [-0.15, -0.1) is 11.3 Å². The van der Waals surface area contributed by atoms with E-state index in [0.717, 1.165) is 23.3 Å². The first-order chi connectivity index (χ1) is 16.7. The molecule has 0 saturated heterocycles. The normalized spacial score (nSPS) is 16.3. The van der Waals surface area contributed by atoms with Gasteiger partial charge in [0, 0.05) is 28.8 Å². The Morgan fingerprint density at radius 1 is 1.23 bits per heavy atom. The lowest BCUT2D eigenvalue weighted by molar-refractivity contribution is -0.120. The maximum absolute atomic E-state index is 13.7. The lowest BCUT2D eigenvalue weighted by Gasteiger charge is -2.45. The first-order valence-electron chi connectivity index (χ1n) is 12.5. The van der Waals surface area contributed by atoms with Crippen LogP contribution in [0.1, 0.15) is 80.2 Å². The summed E-state index contributed by atoms with van der Waals surface area (Å²) in [5.41, 5.74) is 1.82. The van der Waals surface area contributed by atoms with Crippen molar-refractivity contribution in [3.05, 3.63) is 51.9 Å². The molecule has 2 atom stereocenters. The smallest absolute Gasteiger partial charge is 0.254 e. The third kappa shape index (κ3) is 5.76. The predicted octanol–water partition coefficient (Wildman–Crippen LogP) is 5.40. The SMILES string of the molecule is CCC(CC)C(=O)Nc1sc2c(c1C#N)CCC(N(C(=O)c1ccccc1)C(CO)C(C)(C)C)C2. The first-order valence-corrected chi connectivity index (χ1v) is 13.3. The second-order valence-electron chi connectivity index (χ2n) is 10.4. The lowest BCUT2D eigenvalue weighted by atomic mass is 9.82. The second kappa shape index (κ2) is 11.4. The summed E-state index contributed by atoms with van der Waals surface area (Å²) in [6, 6.07) is 11.0. The number of aliphatic hydroxyl groups is 1. The molecule has 0 saturated carbocycles. The maximum atomic E-state index is 13.7. The molecule has 0 bridgehead atoms. The summed E-state index contributed by atoms with van der Waals surface area (Å²) in [5.74, 6) is -0.215. The highest BCUT2D eigenvalue weighted by molar-refractivity contribution is 7.16. The Kier molecular flexibility index (Phi) is 8.74. The molecule has 0 spiro atoms. The molecule has 1 aromatic carbocycles. The van der Waals surface area contributed by atoms with E-state index in [0.29, 0.717) is 35.4 Å². The minimum absolute atomic E-state index is 0.0457. The molecule has 2 unspecified atom stereocenters. The predicted molar refractivity (Wildman–Crippen MR) is 140 cm³/mol.